The van der Waals surface area contributed by atoms with Crippen LogP contribution in [-0.2, 0) is 35.8 Å². The SMILES string of the molecule is O=C(OCc1ccc(I)cc1)C1CCC(C(=O)OC(CF)(CS(=O)(=O)[O-])C(F)(F)F)CC1. The van der Waals surface area contributed by atoms with Gasteiger partial charge in [-0.05, 0) is 66.0 Å². The highest BCUT2D eigenvalue weighted by atomic mass is 127. The van der Waals surface area contributed by atoms with Gasteiger partial charge >= 0.3 is 18.1 Å². The van der Waals surface area contributed by atoms with Crippen LogP contribution in [0, 0.1) is 15.4 Å². The minimum atomic E-state index is -5.61. The van der Waals surface area contributed by atoms with Gasteiger partial charge in [-0.15, -0.1) is 0 Å². The fraction of sp³-hybridized carbons (Fsp3) is 0.579. The maximum Gasteiger partial charge on any atom is 0.431 e. The minimum absolute atomic E-state index is 0.0352. The molecule has 1 aliphatic rings. The summed E-state index contributed by atoms with van der Waals surface area (Å²) in [5.41, 5.74) is -3.28. The van der Waals surface area contributed by atoms with Gasteiger partial charge in [0.2, 0.25) is 5.60 Å². The highest BCUT2D eigenvalue weighted by Crippen LogP contribution is 2.38. The van der Waals surface area contributed by atoms with Gasteiger partial charge < -0.3 is 14.0 Å². The van der Waals surface area contributed by atoms with Gasteiger partial charge in [0.05, 0.1) is 27.7 Å². The van der Waals surface area contributed by atoms with Crippen LogP contribution in [0.1, 0.15) is 31.2 Å². The molecule has 0 heterocycles. The van der Waals surface area contributed by atoms with E-state index in [2.05, 4.69) is 27.3 Å². The van der Waals surface area contributed by atoms with Crippen LogP contribution < -0.4 is 0 Å². The Morgan fingerprint density at radius 1 is 1.03 bits per heavy atom. The molecule has 1 fully saturated rings. The van der Waals surface area contributed by atoms with Crippen molar-refractivity contribution in [2.24, 2.45) is 11.8 Å². The molecule has 13 heteroatoms. The third-order valence-corrected chi connectivity index (χ3v) is 6.67. The Hall–Kier alpha value is -1.48. The van der Waals surface area contributed by atoms with Gasteiger partial charge in [0.25, 0.3) is 0 Å². The summed E-state index contributed by atoms with van der Waals surface area (Å²) in [5.74, 6) is -5.90. The van der Waals surface area contributed by atoms with Crippen molar-refractivity contribution in [3.05, 3.63) is 33.4 Å². The van der Waals surface area contributed by atoms with E-state index in [1.165, 1.54) is 0 Å². The Morgan fingerprint density at radius 2 is 1.53 bits per heavy atom. The molecule has 1 saturated carbocycles. The zero-order valence-corrected chi connectivity index (χ0v) is 19.5. The second kappa shape index (κ2) is 10.6. The van der Waals surface area contributed by atoms with E-state index in [-0.39, 0.29) is 32.3 Å². The number of carbonyl (C=O) groups excluding carboxylic acids is 2. The van der Waals surface area contributed by atoms with E-state index < -0.39 is 58.1 Å². The van der Waals surface area contributed by atoms with Gasteiger partial charge in [0, 0.05) is 3.57 Å². The van der Waals surface area contributed by atoms with Crippen molar-refractivity contribution < 1.29 is 49.6 Å². The average molecular weight is 595 g/mol. The number of esters is 2. The number of hydrogen-bond acceptors (Lipinski definition) is 7. The van der Waals surface area contributed by atoms with Crippen molar-refractivity contribution in [1.29, 1.82) is 0 Å². The van der Waals surface area contributed by atoms with E-state index in [0.717, 1.165) is 9.13 Å². The fourth-order valence-electron chi connectivity index (χ4n) is 3.29. The maximum absolute atomic E-state index is 13.3. The summed E-state index contributed by atoms with van der Waals surface area (Å²) < 4.78 is 96.0. The monoisotopic (exact) mass is 595 g/mol. The van der Waals surface area contributed by atoms with Crippen molar-refractivity contribution in [2.75, 3.05) is 12.4 Å². The van der Waals surface area contributed by atoms with Gasteiger partial charge in [0.15, 0.2) is 0 Å². The second-order valence-electron chi connectivity index (χ2n) is 7.53. The normalized spacial score (nSPS) is 21.4. The Kier molecular flexibility index (Phi) is 8.90. The summed E-state index contributed by atoms with van der Waals surface area (Å²) in [6.07, 6.45) is -5.43. The third kappa shape index (κ3) is 7.27. The molecule has 0 bridgehead atoms. The van der Waals surface area contributed by atoms with E-state index in [9.17, 15) is 40.1 Å². The standard InChI is InChI=1S/C19H21F4IO7S/c20-10-18(19(21,22)23,11-32(27,28)29)31-17(26)14-5-3-13(4-6-14)16(25)30-9-12-1-7-15(24)8-2-12/h1-2,7-8,13-14H,3-6,9-11H2,(H,27,28,29)/p-1. The minimum Gasteiger partial charge on any atom is -0.748 e. The largest absolute Gasteiger partial charge is 0.748 e. The van der Waals surface area contributed by atoms with Crippen LogP contribution in [0.3, 0.4) is 0 Å². The summed E-state index contributed by atoms with van der Waals surface area (Å²) in [6, 6.07) is 7.28. The van der Waals surface area contributed by atoms with Crippen LogP contribution in [0.5, 0.6) is 0 Å². The molecular weight excluding hydrogens is 575 g/mol. The Morgan fingerprint density at radius 3 is 1.97 bits per heavy atom. The number of benzene rings is 1. The molecule has 1 aromatic rings. The van der Waals surface area contributed by atoms with E-state index in [1.54, 1.807) is 12.1 Å². The van der Waals surface area contributed by atoms with Gasteiger partial charge in [-0.1, -0.05) is 12.1 Å². The first kappa shape index (κ1) is 26.8. The van der Waals surface area contributed by atoms with Gasteiger partial charge in [-0.25, -0.2) is 12.8 Å². The summed E-state index contributed by atoms with van der Waals surface area (Å²) in [4.78, 5) is 24.5. The van der Waals surface area contributed by atoms with Gasteiger partial charge in [-0.2, -0.15) is 13.2 Å². The van der Waals surface area contributed by atoms with Gasteiger partial charge in [-0.3, -0.25) is 9.59 Å². The first-order valence-corrected chi connectivity index (χ1v) is 12.1. The average Bonchev–Trinajstić information content (AvgIpc) is 2.70. The summed E-state index contributed by atoms with van der Waals surface area (Å²) >= 11 is 2.13. The number of alkyl halides is 4. The van der Waals surface area contributed by atoms with E-state index in [1.807, 2.05) is 12.1 Å². The molecule has 0 amide bonds. The predicted octanol–water partition coefficient (Wildman–Crippen LogP) is 3.50. The lowest BCUT2D eigenvalue weighted by Gasteiger charge is -2.35. The molecule has 1 aromatic carbocycles. The van der Waals surface area contributed by atoms with Crippen molar-refractivity contribution in [1.82, 2.24) is 0 Å². The lowest BCUT2D eigenvalue weighted by molar-refractivity contribution is -0.268. The van der Waals surface area contributed by atoms with Gasteiger partial charge in [0.1, 0.15) is 13.3 Å². The van der Waals surface area contributed by atoms with Crippen LogP contribution in [0.4, 0.5) is 17.6 Å². The van der Waals surface area contributed by atoms with Crippen LogP contribution in [0.2, 0.25) is 0 Å². The third-order valence-electron chi connectivity index (χ3n) is 5.13. The molecule has 7 nitrogen and oxygen atoms in total. The van der Waals surface area contributed by atoms with Crippen LogP contribution in [-0.4, -0.2) is 49.1 Å². The lowest BCUT2D eigenvalue weighted by Crippen LogP contribution is -2.56. The molecule has 0 aliphatic heterocycles. The topological polar surface area (TPSA) is 110 Å². The smallest absolute Gasteiger partial charge is 0.431 e. The predicted molar refractivity (Wildman–Crippen MR) is 110 cm³/mol. The number of carbonyl (C=O) groups is 2. The Labute approximate surface area is 195 Å². The molecule has 0 saturated heterocycles. The first-order valence-electron chi connectivity index (χ1n) is 9.46. The highest BCUT2D eigenvalue weighted by Gasteiger charge is 2.60. The molecular formula is C19H20F4IO7S-. The van der Waals surface area contributed by atoms with Crippen molar-refractivity contribution in [2.45, 2.75) is 44.1 Å². The maximum atomic E-state index is 13.3. The quantitative estimate of drug-likeness (QED) is 0.196. The summed E-state index contributed by atoms with van der Waals surface area (Å²) in [7, 11) is -5.55. The molecule has 1 atom stereocenters. The summed E-state index contributed by atoms with van der Waals surface area (Å²) in [5, 5.41) is 0. The first-order chi connectivity index (χ1) is 14.8. The summed E-state index contributed by atoms with van der Waals surface area (Å²) in [6.45, 7) is -2.37. The highest BCUT2D eigenvalue weighted by molar-refractivity contribution is 14.1. The van der Waals surface area contributed by atoms with E-state index in [4.69, 9.17) is 4.74 Å². The zero-order chi connectivity index (χ0) is 24.2. The number of halogens is 5. The van der Waals surface area contributed by atoms with E-state index >= 15 is 0 Å². The molecule has 32 heavy (non-hydrogen) atoms. The zero-order valence-electron chi connectivity index (χ0n) is 16.6. The van der Waals surface area contributed by atoms with Crippen LogP contribution >= 0.6 is 22.6 Å². The Bertz CT molecular complexity index is 913. The van der Waals surface area contributed by atoms with Crippen molar-refractivity contribution in [3.63, 3.8) is 0 Å². The Balaban J connectivity index is 1.94. The number of hydrogen-bond donors (Lipinski definition) is 0. The molecule has 0 N–H and O–H groups in total. The molecule has 180 valence electrons. The second-order valence-corrected chi connectivity index (χ2v) is 10.2. The number of ether oxygens (including phenoxy) is 2. The van der Waals surface area contributed by atoms with Crippen LogP contribution in [0.25, 0.3) is 0 Å². The van der Waals surface area contributed by atoms with Crippen molar-refractivity contribution in [3.8, 4) is 0 Å². The molecule has 2 rings (SSSR count). The molecule has 0 radical (unpaired) electrons. The fourth-order valence-corrected chi connectivity index (χ4v) is 4.52. The number of rotatable bonds is 8. The van der Waals surface area contributed by atoms with Crippen LogP contribution in [0.15, 0.2) is 24.3 Å². The molecule has 0 spiro atoms. The van der Waals surface area contributed by atoms with E-state index in [0.29, 0.717) is 0 Å². The molecule has 1 unspecified atom stereocenters. The molecule has 0 aromatic heterocycles. The van der Waals surface area contributed by atoms with Crippen molar-refractivity contribution >= 4 is 44.6 Å². The lowest BCUT2D eigenvalue weighted by atomic mass is 9.82. The molecule has 1 aliphatic carbocycles.